The highest BCUT2D eigenvalue weighted by Gasteiger charge is 2.12. The zero-order valence-corrected chi connectivity index (χ0v) is 6.21. The number of nitrogens with two attached hydrogens (primary N) is 1. The van der Waals surface area contributed by atoms with Crippen molar-refractivity contribution in [3.05, 3.63) is 0 Å². The molecule has 4 nitrogen and oxygen atoms in total. The molecule has 58 valence electrons. The van der Waals surface area contributed by atoms with Gasteiger partial charge in [0.15, 0.2) is 0 Å². The lowest BCUT2D eigenvalue weighted by atomic mass is 10.2. The van der Waals surface area contributed by atoms with Crippen LogP contribution in [0.4, 0.5) is 0 Å². The summed E-state index contributed by atoms with van der Waals surface area (Å²) in [6, 6.07) is -0.734. The number of thiol groups is 1. The third-order valence-electron chi connectivity index (χ3n) is 0.907. The summed E-state index contributed by atoms with van der Waals surface area (Å²) in [5.74, 6) is -0.209. The third-order valence-corrected chi connectivity index (χ3v) is 1.17. The second-order valence-electron chi connectivity index (χ2n) is 1.65. The summed E-state index contributed by atoms with van der Waals surface area (Å²) < 4.78 is 3.98. The molecule has 0 spiro atoms. The molecule has 0 fully saturated rings. The van der Waals surface area contributed by atoms with Gasteiger partial charge in [-0.25, -0.2) is 4.79 Å². The van der Waals surface area contributed by atoms with Crippen molar-refractivity contribution in [2.45, 2.75) is 12.5 Å². The van der Waals surface area contributed by atoms with Gasteiger partial charge in [0.05, 0.1) is 0 Å². The van der Waals surface area contributed by atoms with Crippen LogP contribution in [0.15, 0.2) is 0 Å². The summed E-state index contributed by atoms with van der Waals surface area (Å²) in [6.07, 6.45) is 0.412. The van der Waals surface area contributed by atoms with Gasteiger partial charge >= 0.3 is 12.4 Å². The fourth-order valence-corrected chi connectivity index (χ4v) is 0.670. The first-order valence-corrected chi connectivity index (χ1v) is 3.36. The lowest BCUT2D eigenvalue weighted by molar-refractivity contribution is -0.152. The standard InChI is InChI=1S/C5H9NO3S/c6-4(1-2-10)5(8)9-3-7/h3-4,10H,1-2,6H2/t4-/m0/s1. The van der Waals surface area contributed by atoms with E-state index in [2.05, 4.69) is 17.4 Å². The van der Waals surface area contributed by atoms with Crippen LogP contribution in [0.25, 0.3) is 0 Å². The van der Waals surface area contributed by atoms with Crippen LogP contribution < -0.4 is 5.73 Å². The van der Waals surface area contributed by atoms with Crippen molar-refractivity contribution < 1.29 is 14.3 Å². The van der Waals surface area contributed by atoms with Gasteiger partial charge in [0, 0.05) is 0 Å². The summed E-state index contributed by atoms with van der Waals surface area (Å²) in [6.45, 7) is 0.0701. The molecule has 0 saturated heterocycles. The maximum absolute atomic E-state index is 10.5. The zero-order valence-electron chi connectivity index (χ0n) is 5.32. The van der Waals surface area contributed by atoms with E-state index in [1.165, 1.54) is 0 Å². The first-order valence-electron chi connectivity index (χ1n) is 2.73. The summed E-state index contributed by atoms with van der Waals surface area (Å²) >= 11 is 3.85. The molecule has 0 aliphatic heterocycles. The molecule has 0 aromatic heterocycles. The molecule has 0 aliphatic carbocycles. The topological polar surface area (TPSA) is 69.4 Å². The number of hydrogen-bond donors (Lipinski definition) is 2. The monoisotopic (exact) mass is 163 g/mol. The Kier molecular flexibility index (Phi) is 4.96. The molecule has 0 amide bonds. The Labute approximate surface area is 64.1 Å². The highest BCUT2D eigenvalue weighted by atomic mass is 32.1. The van der Waals surface area contributed by atoms with E-state index >= 15 is 0 Å². The number of ether oxygens (including phenoxy) is 1. The maximum atomic E-state index is 10.5. The lowest BCUT2D eigenvalue weighted by Crippen LogP contribution is -2.32. The summed E-state index contributed by atoms with van der Waals surface area (Å²) in [4.78, 5) is 20.1. The molecule has 0 unspecified atom stereocenters. The molecule has 5 heteroatoms. The molecule has 0 heterocycles. The van der Waals surface area contributed by atoms with Gasteiger partial charge in [0.1, 0.15) is 6.04 Å². The van der Waals surface area contributed by atoms with Crippen molar-refractivity contribution in [1.82, 2.24) is 0 Å². The van der Waals surface area contributed by atoms with Crippen molar-refractivity contribution >= 4 is 25.1 Å². The molecule has 1 atom stereocenters. The molecular weight excluding hydrogens is 154 g/mol. The van der Waals surface area contributed by atoms with Gasteiger partial charge in [0.25, 0.3) is 0 Å². The van der Waals surface area contributed by atoms with Crippen molar-refractivity contribution in [3.8, 4) is 0 Å². The molecule has 0 aliphatic rings. The third kappa shape index (κ3) is 3.47. The Balaban J connectivity index is 3.58. The summed E-state index contributed by atoms with van der Waals surface area (Å²) in [7, 11) is 0. The van der Waals surface area contributed by atoms with E-state index in [9.17, 15) is 9.59 Å². The van der Waals surface area contributed by atoms with Crippen LogP contribution in [0.1, 0.15) is 6.42 Å². The molecule has 0 saturated carbocycles. The average molecular weight is 163 g/mol. The van der Waals surface area contributed by atoms with Gasteiger partial charge < -0.3 is 10.5 Å². The predicted octanol–water partition coefficient (Wildman–Crippen LogP) is -0.667. The minimum absolute atomic E-state index is 0.0701. The smallest absolute Gasteiger partial charge is 0.330 e. The molecule has 0 aromatic rings. The first-order chi connectivity index (χ1) is 4.72. The van der Waals surface area contributed by atoms with Crippen molar-refractivity contribution in [2.24, 2.45) is 5.73 Å². The minimum Gasteiger partial charge on any atom is -0.394 e. The molecule has 0 bridgehead atoms. The van der Waals surface area contributed by atoms with E-state index in [0.29, 0.717) is 12.2 Å². The number of hydrogen-bond acceptors (Lipinski definition) is 5. The van der Waals surface area contributed by atoms with E-state index in [1.807, 2.05) is 0 Å². The van der Waals surface area contributed by atoms with Crippen LogP contribution in [0.3, 0.4) is 0 Å². The van der Waals surface area contributed by atoms with E-state index < -0.39 is 12.0 Å². The SMILES string of the molecule is N[C@@H](CCS)C(=O)OC=O. The van der Waals surface area contributed by atoms with Crippen molar-refractivity contribution in [1.29, 1.82) is 0 Å². The zero-order chi connectivity index (χ0) is 7.98. The molecule has 2 N–H and O–H groups in total. The van der Waals surface area contributed by atoms with Gasteiger partial charge in [-0.2, -0.15) is 12.6 Å². The second-order valence-corrected chi connectivity index (χ2v) is 2.10. The molecule has 0 radical (unpaired) electrons. The Morgan fingerprint density at radius 3 is 2.80 bits per heavy atom. The number of carbonyl (C=O) groups is 2. The molecule has 0 rings (SSSR count). The molecule has 0 aromatic carbocycles. The Hall–Kier alpha value is -0.550. The van der Waals surface area contributed by atoms with E-state index in [4.69, 9.17) is 5.73 Å². The fourth-order valence-electron chi connectivity index (χ4n) is 0.392. The van der Waals surface area contributed by atoms with Gasteiger partial charge in [-0.3, -0.25) is 4.79 Å². The largest absolute Gasteiger partial charge is 0.394 e. The van der Waals surface area contributed by atoms with E-state index in [-0.39, 0.29) is 6.47 Å². The summed E-state index contributed by atoms with van der Waals surface area (Å²) in [5.41, 5.74) is 5.23. The van der Waals surface area contributed by atoms with E-state index in [0.717, 1.165) is 0 Å². The van der Waals surface area contributed by atoms with Crippen LogP contribution in [-0.2, 0) is 14.3 Å². The second kappa shape index (κ2) is 5.25. The van der Waals surface area contributed by atoms with Crippen molar-refractivity contribution in [2.75, 3.05) is 5.75 Å². The molecule has 10 heavy (non-hydrogen) atoms. The minimum atomic E-state index is -0.734. The summed E-state index contributed by atoms with van der Waals surface area (Å²) in [5, 5.41) is 0. The van der Waals surface area contributed by atoms with Gasteiger partial charge in [0.2, 0.25) is 0 Å². The molecular formula is C5H9NO3S. The van der Waals surface area contributed by atoms with Gasteiger partial charge in [-0.15, -0.1) is 0 Å². The van der Waals surface area contributed by atoms with Crippen LogP contribution in [0.5, 0.6) is 0 Å². The van der Waals surface area contributed by atoms with Crippen LogP contribution >= 0.6 is 12.6 Å². The number of rotatable bonds is 4. The van der Waals surface area contributed by atoms with Crippen LogP contribution in [0, 0.1) is 0 Å². The normalized spacial score (nSPS) is 12.2. The Morgan fingerprint density at radius 1 is 1.80 bits per heavy atom. The number of esters is 1. The quantitative estimate of drug-likeness (QED) is 0.250. The Morgan fingerprint density at radius 2 is 2.40 bits per heavy atom. The van der Waals surface area contributed by atoms with Gasteiger partial charge in [-0.05, 0) is 12.2 Å². The predicted molar refractivity (Wildman–Crippen MR) is 38.6 cm³/mol. The first kappa shape index (κ1) is 9.45. The Bertz CT molecular complexity index is 128. The maximum Gasteiger partial charge on any atom is 0.330 e. The van der Waals surface area contributed by atoms with Crippen molar-refractivity contribution in [3.63, 3.8) is 0 Å². The highest BCUT2D eigenvalue weighted by molar-refractivity contribution is 7.80. The highest BCUT2D eigenvalue weighted by Crippen LogP contribution is 1.92. The van der Waals surface area contributed by atoms with Crippen LogP contribution in [-0.4, -0.2) is 24.2 Å². The number of carbonyl (C=O) groups excluding carboxylic acids is 2. The average Bonchev–Trinajstić information content (AvgIpc) is 1.89. The lowest BCUT2D eigenvalue weighted by Gasteiger charge is -2.04. The fraction of sp³-hybridized carbons (Fsp3) is 0.600. The van der Waals surface area contributed by atoms with Crippen LogP contribution in [0.2, 0.25) is 0 Å². The van der Waals surface area contributed by atoms with Gasteiger partial charge in [-0.1, -0.05) is 0 Å². The van der Waals surface area contributed by atoms with E-state index in [1.54, 1.807) is 0 Å².